The van der Waals surface area contributed by atoms with Crippen molar-refractivity contribution in [2.45, 2.75) is 16.5 Å². The number of aldehydes is 1. The molecule has 1 aliphatic carbocycles. The van der Waals surface area contributed by atoms with Gasteiger partial charge in [0.25, 0.3) is 10.1 Å². The van der Waals surface area contributed by atoms with Crippen LogP contribution in [0.15, 0.2) is 81.9 Å². The molecule has 2 atom stereocenters. The highest BCUT2D eigenvalue weighted by Gasteiger charge is 2.41. The fourth-order valence-corrected chi connectivity index (χ4v) is 4.25. The molecule has 0 heterocycles. The average molecular weight is 509 g/mol. The molecule has 0 spiro atoms. The van der Waals surface area contributed by atoms with Gasteiger partial charge in [0, 0.05) is 22.6 Å². The second-order valence-corrected chi connectivity index (χ2v) is 9.40. The van der Waals surface area contributed by atoms with E-state index in [1.807, 2.05) is 0 Å². The van der Waals surface area contributed by atoms with Crippen molar-refractivity contribution in [2.24, 2.45) is 10.2 Å². The first-order valence-corrected chi connectivity index (χ1v) is 11.8. The van der Waals surface area contributed by atoms with Crippen molar-refractivity contribution in [3.63, 3.8) is 0 Å². The number of carboxylic acids is 1. The highest BCUT2D eigenvalue weighted by atomic mass is 32.2. The molecule has 36 heavy (non-hydrogen) atoms. The molecule has 184 valence electrons. The summed E-state index contributed by atoms with van der Waals surface area (Å²) >= 11 is 0. The van der Waals surface area contributed by atoms with Gasteiger partial charge in [-0.2, -0.15) is 18.6 Å². The van der Waals surface area contributed by atoms with Gasteiger partial charge < -0.3 is 21.3 Å². The fraction of sp³-hybridized carbons (Fsp3) is 0.0833. The zero-order valence-electron chi connectivity index (χ0n) is 18.4. The lowest BCUT2D eigenvalue weighted by molar-refractivity contribution is -0.126. The van der Waals surface area contributed by atoms with E-state index in [-0.39, 0.29) is 27.4 Å². The van der Waals surface area contributed by atoms with Gasteiger partial charge in [-0.1, -0.05) is 24.3 Å². The topological polar surface area (TPSA) is 192 Å². The van der Waals surface area contributed by atoms with Crippen LogP contribution < -0.4 is 11.1 Å². The molecule has 0 aromatic heterocycles. The predicted molar refractivity (Wildman–Crippen MR) is 131 cm³/mol. The number of nitrogens with zero attached hydrogens (tertiary/aromatic N) is 2. The second-order valence-electron chi connectivity index (χ2n) is 7.97. The van der Waals surface area contributed by atoms with E-state index in [9.17, 15) is 32.8 Å². The zero-order valence-corrected chi connectivity index (χ0v) is 19.3. The van der Waals surface area contributed by atoms with Gasteiger partial charge in [-0.05, 0) is 54.1 Å². The van der Waals surface area contributed by atoms with Crippen LogP contribution in [0.2, 0.25) is 0 Å². The molecule has 0 aliphatic heterocycles. The Bertz CT molecular complexity index is 1540. The lowest BCUT2D eigenvalue weighted by atomic mass is 9.80. The summed E-state index contributed by atoms with van der Waals surface area (Å²) in [4.78, 5) is 23.3. The molecule has 0 saturated heterocycles. The summed E-state index contributed by atoms with van der Waals surface area (Å²) in [5, 5.41) is 31.6. The highest BCUT2D eigenvalue weighted by Crippen LogP contribution is 2.37. The van der Waals surface area contributed by atoms with E-state index < -0.39 is 27.7 Å². The standard InChI is InChI=1S/C24H20N4O7S/c25-15-6-8-21(19(10-15)23(30)31)27-28-22-9-5-14-4-7-17(12-20(14)24(22,32)13-29)26-16-2-1-3-18(11-16)36(33,34)35/h1-13,22,26,32H,25H2,(H,30,31)(H,33,34,35). The van der Waals surface area contributed by atoms with Gasteiger partial charge in [-0.25, -0.2) is 4.79 Å². The number of hydrogen-bond acceptors (Lipinski definition) is 9. The summed E-state index contributed by atoms with van der Waals surface area (Å²) in [6.07, 6.45) is 3.43. The van der Waals surface area contributed by atoms with Crippen molar-refractivity contribution in [3.05, 3.63) is 83.4 Å². The first kappa shape index (κ1) is 24.7. The number of aliphatic hydroxyl groups is 1. The van der Waals surface area contributed by atoms with E-state index in [0.29, 0.717) is 23.2 Å². The minimum atomic E-state index is -4.40. The Hall–Kier alpha value is -4.39. The van der Waals surface area contributed by atoms with Crippen LogP contribution in [0.3, 0.4) is 0 Å². The van der Waals surface area contributed by atoms with Gasteiger partial charge in [-0.15, -0.1) is 0 Å². The third-order valence-corrected chi connectivity index (χ3v) is 6.38. The number of fused-ring (bicyclic) bond motifs is 1. The summed E-state index contributed by atoms with van der Waals surface area (Å²) in [6.45, 7) is 0. The van der Waals surface area contributed by atoms with Gasteiger partial charge in [0.1, 0.15) is 6.04 Å². The van der Waals surface area contributed by atoms with Crippen molar-refractivity contribution in [2.75, 3.05) is 11.1 Å². The Morgan fingerprint density at radius 2 is 1.83 bits per heavy atom. The van der Waals surface area contributed by atoms with Crippen molar-refractivity contribution < 1.29 is 32.8 Å². The normalized spacial score (nSPS) is 19.1. The van der Waals surface area contributed by atoms with Crippen LogP contribution in [-0.2, 0) is 20.5 Å². The number of benzene rings is 3. The summed E-state index contributed by atoms with van der Waals surface area (Å²) < 4.78 is 32.1. The van der Waals surface area contributed by atoms with Crippen LogP contribution in [0.4, 0.5) is 22.7 Å². The number of carboxylic acid groups (broad SMARTS) is 1. The summed E-state index contributed by atoms with van der Waals surface area (Å²) in [5.74, 6) is -1.26. The Labute approximate surface area is 205 Å². The molecule has 0 saturated carbocycles. The number of nitrogens with two attached hydrogens (primary N) is 1. The molecule has 3 aromatic rings. The molecular weight excluding hydrogens is 488 g/mol. The lowest BCUT2D eigenvalue weighted by Crippen LogP contribution is -2.41. The van der Waals surface area contributed by atoms with E-state index in [2.05, 4.69) is 15.5 Å². The third-order valence-electron chi connectivity index (χ3n) is 5.53. The molecule has 2 unspecified atom stereocenters. The number of aromatic carboxylic acids is 1. The fourth-order valence-electron chi connectivity index (χ4n) is 3.72. The Balaban J connectivity index is 1.67. The predicted octanol–water partition coefficient (Wildman–Crippen LogP) is 3.52. The molecule has 4 rings (SSSR count). The van der Waals surface area contributed by atoms with Crippen molar-refractivity contribution >= 4 is 51.2 Å². The van der Waals surface area contributed by atoms with E-state index in [1.54, 1.807) is 24.3 Å². The Morgan fingerprint density at radius 3 is 2.53 bits per heavy atom. The van der Waals surface area contributed by atoms with Crippen LogP contribution in [0.5, 0.6) is 0 Å². The van der Waals surface area contributed by atoms with Crippen LogP contribution in [0.1, 0.15) is 21.5 Å². The van der Waals surface area contributed by atoms with Crippen LogP contribution in [-0.4, -0.2) is 41.5 Å². The SMILES string of the molecule is Nc1ccc(N=NC2C=Cc3ccc(Nc4cccc(S(=O)(=O)O)c4)cc3C2(O)C=O)c(C(=O)O)c1. The molecule has 11 nitrogen and oxygen atoms in total. The average Bonchev–Trinajstić information content (AvgIpc) is 2.84. The van der Waals surface area contributed by atoms with Crippen LogP contribution in [0.25, 0.3) is 6.08 Å². The van der Waals surface area contributed by atoms with Gasteiger partial charge in [0.15, 0.2) is 11.9 Å². The number of azo groups is 1. The molecule has 0 radical (unpaired) electrons. The molecule has 3 aromatic carbocycles. The highest BCUT2D eigenvalue weighted by molar-refractivity contribution is 7.85. The maximum absolute atomic E-state index is 12.1. The molecular formula is C24H20N4O7S. The monoisotopic (exact) mass is 508 g/mol. The minimum Gasteiger partial charge on any atom is -0.478 e. The van der Waals surface area contributed by atoms with Crippen molar-refractivity contribution in [3.8, 4) is 0 Å². The van der Waals surface area contributed by atoms with E-state index in [1.165, 1.54) is 48.5 Å². The first-order valence-electron chi connectivity index (χ1n) is 10.4. The minimum absolute atomic E-state index is 0.00159. The number of carbonyl (C=O) groups excluding carboxylic acids is 1. The summed E-state index contributed by atoms with van der Waals surface area (Å²) in [5.41, 5.74) is 5.04. The number of anilines is 3. The largest absolute Gasteiger partial charge is 0.478 e. The number of hydrogen-bond donors (Lipinski definition) is 5. The van der Waals surface area contributed by atoms with Gasteiger partial charge in [0.05, 0.1) is 16.1 Å². The molecule has 6 N–H and O–H groups in total. The molecule has 0 amide bonds. The van der Waals surface area contributed by atoms with Crippen LogP contribution >= 0.6 is 0 Å². The van der Waals surface area contributed by atoms with E-state index in [0.717, 1.165) is 0 Å². The van der Waals surface area contributed by atoms with E-state index in [4.69, 9.17) is 5.73 Å². The smallest absolute Gasteiger partial charge is 0.338 e. The zero-order chi connectivity index (χ0) is 26.1. The molecule has 0 bridgehead atoms. The quantitative estimate of drug-likeness (QED) is 0.137. The summed E-state index contributed by atoms with van der Waals surface area (Å²) in [7, 11) is -4.40. The lowest BCUT2D eigenvalue weighted by Gasteiger charge is -2.31. The molecule has 0 fully saturated rings. The second kappa shape index (κ2) is 9.34. The third kappa shape index (κ3) is 4.86. The first-order chi connectivity index (χ1) is 17.0. The number of rotatable bonds is 7. The number of carbonyl (C=O) groups is 2. The maximum atomic E-state index is 12.1. The summed E-state index contributed by atoms with van der Waals surface area (Å²) in [6, 6.07) is 13.1. The number of nitrogen functional groups attached to an aromatic ring is 1. The maximum Gasteiger partial charge on any atom is 0.338 e. The van der Waals surface area contributed by atoms with Gasteiger partial charge in [0.2, 0.25) is 0 Å². The van der Waals surface area contributed by atoms with Crippen molar-refractivity contribution in [1.29, 1.82) is 0 Å². The Kier molecular flexibility index (Phi) is 6.41. The van der Waals surface area contributed by atoms with Gasteiger partial charge >= 0.3 is 5.97 Å². The van der Waals surface area contributed by atoms with Crippen LogP contribution in [0, 0.1) is 0 Å². The van der Waals surface area contributed by atoms with Crippen molar-refractivity contribution in [1.82, 2.24) is 0 Å². The van der Waals surface area contributed by atoms with Gasteiger partial charge in [-0.3, -0.25) is 9.35 Å². The molecule has 1 aliphatic rings. The number of nitrogens with one attached hydrogen (secondary N) is 1. The Morgan fingerprint density at radius 1 is 1.08 bits per heavy atom. The van der Waals surface area contributed by atoms with E-state index >= 15 is 0 Å². The molecule has 12 heteroatoms.